The summed E-state index contributed by atoms with van der Waals surface area (Å²) >= 11 is 5.12. The van der Waals surface area contributed by atoms with Gasteiger partial charge in [-0.05, 0) is 38.1 Å². The summed E-state index contributed by atoms with van der Waals surface area (Å²) in [5.41, 5.74) is 2.05. The van der Waals surface area contributed by atoms with Gasteiger partial charge in [0.2, 0.25) is 0 Å². The molecule has 0 atom stereocenters. The Balaban J connectivity index is 1.82. The zero-order chi connectivity index (χ0) is 17.2. The molecule has 0 aliphatic rings. The third-order valence-electron chi connectivity index (χ3n) is 3.72. The van der Waals surface area contributed by atoms with Gasteiger partial charge in [-0.3, -0.25) is 0 Å². The molecule has 4 rings (SSSR count). The van der Waals surface area contributed by atoms with Crippen molar-refractivity contribution in [2.75, 3.05) is 0 Å². The number of benzene rings is 2. The first kappa shape index (κ1) is 16.6. The zero-order valence-corrected chi connectivity index (χ0v) is 16.3. The molecule has 124 valence electrons. The van der Waals surface area contributed by atoms with Crippen molar-refractivity contribution in [2.45, 2.75) is 33.7 Å². The van der Waals surface area contributed by atoms with Crippen molar-refractivity contribution in [2.24, 2.45) is 0 Å². The fourth-order valence-electron chi connectivity index (χ4n) is 2.56. The van der Waals surface area contributed by atoms with E-state index in [1.165, 1.54) is 19.5 Å². The molecule has 2 aromatic heterocycles. The molecule has 0 aliphatic carbocycles. The van der Waals surface area contributed by atoms with E-state index < -0.39 is 0 Å². The predicted octanol–water partition coefficient (Wildman–Crippen LogP) is 6.61. The van der Waals surface area contributed by atoms with Crippen LogP contribution in [0.25, 0.3) is 11.0 Å². The number of rotatable bonds is 4. The molecule has 5 heteroatoms. The predicted molar refractivity (Wildman–Crippen MR) is 108 cm³/mol. The summed E-state index contributed by atoms with van der Waals surface area (Å²) in [6.45, 7) is 4.24. The third kappa shape index (κ3) is 3.59. The molecule has 2 aromatic carbocycles. The van der Waals surface area contributed by atoms with Crippen LogP contribution in [-0.2, 0) is 0 Å². The van der Waals surface area contributed by atoms with E-state index in [0.717, 1.165) is 21.1 Å². The minimum absolute atomic E-state index is 0.966. The molecule has 0 spiro atoms. The Bertz CT molecular complexity index is 930. The minimum atomic E-state index is 0.966. The Morgan fingerprint density at radius 3 is 1.44 bits per heavy atom. The molecule has 2 nitrogen and oxygen atoms in total. The average Bonchev–Trinajstić information content (AvgIpc) is 2.90. The lowest BCUT2D eigenvalue weighted by atomic mass is 10.3. The van der Waals surface area contributed by atoms with Crippen LogP contribution in [0.5, 0.6) is 0 Å². The van der Waals surface area contributed by atoms with Gasteiger partial charge in [-0.1, -0.05) is 59.9 Å². The van der Waals surface area contributed by atoms with Gasteiger partial charge in [0.25, 0.3) is 0 Å². The van der Waals surface area contributed by atoms with Gasteiger partial charge in [0.1, 0.15) is 21.1 Å². The van der Waals surface area contributed by atoms with Crippen LogP contribution in [0.3, 0.4) is 0 Å². The highest BCUT2D eigenvalue weighted by Crippen LogP contribution is 2.39. The summed E-state index contributed by atoms with van der Waals surface area (Å²) in [4.78, 5) is 14.8. The van der Waals surface area contributed by atoms with Crippen molar-refractivity contribution in [1.29, 1.82) is 0 Å². The van der Waals surface area contributed by atoms with E-state index in [9.17, 15) is 0 Å². The van der Waals surface area contributed by atoms with Crippen molar-refractivity contribution >= 4 is 45.9 Å². The molecule has 0 bridgehead atoms. The number of aromatic nitrogens is 2. The van der Waals surface area contributed by atoms with Gasteiger partial charge in [-0.2, -0.15) is 0 Å². The van der Waals surface area contributed by atoms with E-state index in [-0.39, 0.29) is 0 Å². The topological polar surface area (TPSA) is 25.8 Å². The lowest BCUT2D eigenvalue weighted by Gasteiger charge is -2.08. The summed E-state index contributed by atoms with van der Waals surface area (Å²) in [7, 11) is 0. The fourth-order valence-corrected chi connectivity index (χ4v) is 5.32. The van der Waals surface area contributed by atoms with E-state index in [1.807, 2.05) is 12.1 Å². The van der Waals surface area contributed by atoms with Gasteiger partial charge in [0.15, 0.2) is 0 Å². The highest BCUT2D eigenvalue weighted by atomic mass is 32.2. The SMILES string of the molecule is Cc1sc(C)c2nc(Sc3ccccc3)c(Sc3ccccc3)nc12. The number of nitrogens with zero attached hydrogens (tertiary/aromatic N) is 2. The lowest BCUT2D eigenvalue weighted by molar-refractivity contribution is 0.967. The van der Waals surface area contributed by atoms with Crippen molar-refractivity contribution in [3.63, 3.8) is 0 Å². The molecular formula is C20H16N2S3. The Kier molecular flexibility index (Phi) is 4.79. The molecule has 0 saturated heterocycles. The minimum Gasteiger partial charge on any atom is -0.235 e. The van der Waals surface area contributed by atoms with Gasteiger partial charge < -0.3 is 0 Å². The number of hydrogen-bond donors (Lipinski definition) is 0. The quantitative estimate of drug-likeness (QED) is 0.398. The second-order valence-corrected chi connectivity index (χ2v) is 9.13. The van der Waals surface area contributed by atoms with Crippen LogP contribution in [0.2, 0.25) is 0 Å². The van der Waals surface area contributed by atoms with Crippen molar-refractivity contribution in [1.82, 2.24) is 9.97 Å². The Labute approximate surface area is 159 Å². The van der Waals surface area contributed by atoms with Gasteiger partial charge in [0, 0.05) is 19.5 Å². The lowest BCUT2D eigenvalue weighted by Crippen LogP contribution is -1.92. The molecule has 0 fully saturated rings. The molecule has 0 N–H and O–H groups in total. The van der Waals surface area contributed by atoms with Gasteiger partial charge >= 0.3 is 0 Å². The summed E-state index contributed by atoms with van der Waals surface area (Å²) in [5, 5.41) is 1.93. The number of aryl methyl sites for hydroxylation is 2. The van der Waals surface area contributed by atoms with Crippen molar-refractivity contribution in [3.05, 3.63) is 70.4 Å². The summed E-state index contributed by atoms with van der Waals surface area (Å²) in [6.07, 6.45) is 0. The molecule has 0 radical (unpaired) electrons. The maximum absolute atomic E-state index is 4.98. The van der Waals surface area contributed by atoms with Crippen LogP contribution in [0.15, 0.2) is 80.5 Å². The summed E-state index contributed by atoms with van der Waals surface area (Å²) in [6, 6.07) is 20.7. The highest BCUT2D eigenvalue weighted by molar-refractivity contribution is 8.02. The van der Waals surface area contributed by atoms with Crippen molar-refractivity contribution in [3.8, 4) is 0 Å². The van der Waals surface area contributed by atoms with Crippen LogP contribution >= 0.6 is 34.9 Å². The highest BCUT2D eigenvalue weighted by Gasteiger charge is 2.16. The zero-order valence-electron chi connectivity index (χ0n) is 13.9. The van der Waals surface area contributed by atoms with E-state index in [2.05, 4.69) is 62.4 Å². The number of hydrogen-bond acceptors (Lipinski definition) is 5. The first-order valence-electron chi connectivity index (χ1n) is 7.94. The normalized spacial score (nSPS) is 11.1. The molecule has 0 saturated carbocycles. The second kappa shape index (κ2) is 7.20. The summed E-state index contributed by atoms with van der Waals surface area (Å²) in [5.74, 6) is 0. The van der Waals surface area contributed by atoms with Crippen LogP contribution in [0, 0.1) is 13.8 Å². The van der Waals surface area contributed by atoms with Gasteiger partial charge in [-0.15, -0.1) is 11.3 Å². The third-order valence-corrected chi connectivity index (χ3v) is 6.82. The van der Waals surface area contributed by atoms with Crippen LogP contribution in [0.4, 0.5) is 0 Å². The summed E-state index contributed by atoms with van der Waals surface area (Å²) < 4.78 is 0. The van der Waals surface area contributed by atoms with E-state index in [4.69, 9.17) is 9.97 Å². The number of thiophene rings is 1. The van der Waals surface area contributed by atoms with E-state index >= 15 is 0 Å². The monoisotopic (exact) mass is 380 g/mol. The number of fused-ring (bicyclic) bond motifs is 1. The largest absolute Gasteiger partial charge is 0.235 e. The molecule has 25 heavy (non-hydrogen) atoms. The molecule has 0 unspecified atom stereocenters. The van der Waals surface area contributed by atoms with Gasteiger partial charge in [0.05, 0.1) is 0 Å². The molecular weight excluding hydrogens is 364 g/mol. The van der Waals surface area contributed by atoms with Crippen LogP contribution < -0.4 is 0 Å². The molecule has 0 aliphatic heterocycles. The first-order chi connectivity index (χ1) is 12.2. The maximum atomic E-state index is 4.98. The van der Waals surface area contributed by atoms with E-state index in [1.54, 1.807) is 34.9 Å². The molecule has 4 aromatic rings. The Hall–Kier alpha value is -1.82. The maximum Gasteiger partial charge on any atom is 0.134 e. The second-order valence-electron chi connectivity index (χ2n) is 5.58. The Morgan fingerprint density at radius 1 is 0.640 bits per heavy atom. The molecule has 2 heterocycles. The van der Waals surface area contributed by atoms with Crippen LogP contribution in [-0.4, -0.2) is 9.97 Å². The smallest absolute Gasteiger partial charge is 0.134 e. The Morgan fingerprint density at radius 2 is 1.04 bits per heavy atom. The van der Waals surface area contributed by atoms with Crippen LogP contribution in [0.1, 0.15) is 9.75 Å². The van der Waals surface area contributed by atoms with Crippen molar-refractivity contribution < 1.29 is 0 Å². The average molecular weight is 381 g/mol. The van der Waals surface area contributed by atoms with E-state index in [0.29, 0.717) is 0 Å². The fraction of sp³-hybridized carbons (Fsp3) is 0.100. The first-order valence-corrected chi connectivity index (χ1v) is 10.4. The molecule has 0 amide bonds. The van der Waals surface area contributed by atoms with Gasteiger partial charge in [-0.25, -0.2) is 9.97 Å². The standard InChI is InChI=1S/C20H16N2S3/c1-13-17-18(14(2)23-13)22-20(25-16-11-7-4-8-12-16)19(21-17)24-15-9-5-3-6-10-15/h3-12H,1-2H3.